The molecule has 26 heavy (non-hydrogen) atoms. The van der Waals surface area contributed by atoms with E-state index >= 15 is 0 Å². The standard InChI is InChI=1S/C21H26N2O3/c1-15-5-4-6-18(9-15)23-8-7-16(14-23)13-22-21(24)17-10-19(25-2)12-20(11-17)26-3/h4-6,9-12,16H,7-8,13-14H2,1-3H3,(H,22,24). The minimum absolute atomic E-state index is 0.101. The maximum Gasteiger partial charge on any atom is 0.251 e. The van der Waals surface area contributed by atoms with Crippen molar-refractivity contribution < 1.29 is 14.3 Å². The van der Waals surface area contributed by atoms with Gasteiger partial charge in [0, 0.05) is 37.0 Å². The molecule has 1 aliphatic rings. The monoisotopic (exact) mass is 354 g/mol. The first-order valence-corrected chi connectivity index (χ1v) is 8.92. The Hall–Kier alpha value is -2.69. The molecule has 1 unspecified atom stereocenters. The Morgan fingerprint density at radius 2 is 1.88 bits per heavy atom. The first-order valence-electron chi connectivity index (χ1n) is 8.92. The summed E-state index contributed by atoms with van der Waals surface area (Å²) >= 11 is 0. The summed E-state index contributed by atoms with van der Waals surface area (Å²) < 4.78 is 10.5. The van der Waals surface area contributed by atoms with Crippen molar-refractivity contribution in [2.45, 2.75) is 13.3 Å². The summed E-state index contributed by atoms with van der Waals surface area (Å²) in [6.07, 6.45) is 1.08. The van der Waals surface area contributed by atoms with Crippen molar-refractivity contribution in [1.29, 1.82) is 0 Å². The molecule has 0 saturated carbocycles. The fraction of sp³-hybridized carbons (Fsp3) is 0.381. The molecule has 1 atom stereocenters. The average molecular weight is 354 g/mol. The summed E-state index contributed by atoms with van der Waals surface area (Å²) in [6.45, 7) is 4.77. The predicted molar refractivity (Wildman–Crippen MR) is 103 cm³/mol. The molecule has 1 fully saturated rings. The van der Waals surface area contributed by atoms with E-state index in [2.05, 4.69) is 41.4 Å². The third kappa shape index (κ3) is 4.28. The third-order valence-corrected chi connectivity index (χ3v) is 4.82. The predicted octanol–water partition coefficient (Wildman–Crippen LogP) is 3.27. The Balaban J connectivity index is 1.57. The number of carbonyl (C=O) groups excluding carboxylic acids is 1. The zero-order valence-corrected chi connectivity index (χ0v) is 15.6. The first kappa shape index (κ1) is 18.1. The molecular formula is C21H26N2O3. The topological polar surface area (TPSA) is 50.8 Å². The second-order valence-corrected chi connectivity index (χ2v) is 6.75. The van der Waals surface area contributed by atoms with Crippen molar-refractivity contribution in [2.24, 2.45) is 5.92 Å². The van der Waals surface area contributed by atoms with Crippen LogP contribution in [-0.2, 0) is 0 Å². The lowest BCUT2D eigenvalue weighted by Gasteiger charge is -2.19. The van der Waals surface area contributed by atoms with Crippen LogP contribution in [0, 0.1) is 12.8 Å². The Labute approximate surface area is 154 Å². The minimum Gasteiger partial charge on any atom is -0.497 e. The number of methoxy groups -OCH3 is 2. The Morgan fingerprint density at radius 1 is 1.15 bits per heavy atom. The van der Waals surface area contributed by atoms with E-state index in [1.807, 2.05) is 0 Å². The van der Waals surface area contributed by atoms with Crippen LogP contribution in [0.25, 0.3) is 0 Å². The van der Waals surface area contributed by atoms with Gasteiger partial charge in [-0.25, -0.2) is 0 Å². The minimum atomic E-state index is -0.101. The maximum absolute atomic E-state index is 12.5. The molecule has 138 valence electrons. The smallest absolute Gasteiger partial charge is 0.251 e. The van der Waals surface area contributed by atoms with E-state index in [4.69, 9.17) is 9.47 Å². The number of hydrogen-bond acceptors (Lipinski definition) is 4. The molecule has 5 nitrogen and oxygen atoms in total. The fourth-order valence-electron chi connectivity index (χ4n) is 3.34. The highest BCUT2D eigenvalue weighted by Gasteiger charge is 2.23. The van der Waals surface area contributed by atoms with Gasteiger partial charge in [-0.1, -0.05) is 12.1 Å². The van der Waals surface area contributed by atoms with Crippen molar-refractivity contribution in [2.75, 3.05) is 38.8 Å². The van der Waals surface area contributed by atoms with E-state index in [1.165, 1.54) is 11.3 Å². The van der Waals surface area contributed by atoms with Gasteiger partial charge >= 0.3 is 0 Å². The van der Waals surface area contributed by atoms with E-state index in [0.29, 0.717) is 29.5 Å². The van der Waals surface area contributed by atoms with Crippen LogP contribution in [0.5, 0.6) is 11.5 Å². The summed E-state index contributed by atoms with van der Waals surface area (Å²) in [6, 6.07) is 13.8. The van der Waals surface area contributed by atoms with Crippen LogP contribution in [0.3, 0.4) is 0 Å². The lowest BCUT2D eigenvalue weighted by atomic mass is 10.1. The number of ether oxygens (including phenoxy) is 2. The Bertz CT molecular complexity index is 753. The van der Waals surface area contributed by atoms with Crippen molar-refractivity contribution in [3.8, 4) is 11.5 Å². The summed E-state index contributed by atoms with van der Waals surface area (Å²) in [7, 11) is 3.16. The van der Waals surface area contributed by atoms with Crippen LogP contribution >= 0.6 is 0 Å². The second-order valence-electron chi connectivity index (χ2n) is 6.75. The van der Waals surface area contributed by atoms with E-state index in [-0.39, 0.29) is 5.91 Å². The molecule has 2 aromatic carbocycles. The van der Waals surface area contributed by atoms with Gasteiger partial charge in [0.1, 0.15) is 11.5 Å². The van der Waals surface area contributed by atoms with Gasteiger partial charge in [-0.2, -0.15) is 0 Å². The normalized spacial score (nSPS) is 16.4. The zero-order valence-electron chi connectivity index (χ0n) is 15.6. The van der Waals surface area contributed by atoms with Gasteiger partial charge in [0.2, 0.25) is 0 Å². The second kappa shape index (κ2) is 8.13. The number of aryl methyl sites for hydroxylation is 1. The average Bonchev–Trinajstić information content (AvgIpc) is 3.14. The summed E-state index contributed by atoms with van der Waals surface area (Å²) in [5.41, 5.74) is 3.08. The highest BCUT2D eigenvalue weighted by atomic mass is 16.5. The van der Waals surface area contributed by atoms with E-state index in [1.54, 1.807) is 32.4 Å². The van der Waals surface area contributed by atoms with Gasteiger partial charge in [0.05, 0.1) is 14.2 Å². The molecule has 1 N–H and O–H groups in total. The molecule has 1 saturated heterocycles. The molecule has 0 spiro atoms. The van der Waals surface area contributed by atoms with Crippen LogP contribution in [-0.4, -0.2) is 39.8 Å². The van der Waals surface area contributed by atoms with Crippen LogP contribution in [0.2, 0.25) is 0 Å². The van der Waals surface area contributed by atoms with Crippen molar-refractivity contribution in [3.05, 3.63) is 53.6 Å². The van der Waals surface area contributed by atoms with Gasteiger partial charge in [0.25, 0.3) is 5.91 Å². The number of nitrogens with zero attached hydrogens (tertiary/aromatic N) is 1. The van der Waals surface area contributed by atoms with Crippen LogP contribution in [0.1, 0.15) is 22.3 Å². The van der Waals surface area contributed by atoms with Crippen LogP contribution in [0.15, 0.2) is 42.5 Å². The van der Waals surface area contributed by atoms with E-state index in [9.17, 15) is 4.79 Å². The molecule has 5 heteroatoms. The number of rotatable bonds is 6. The van der Waals surface area contributed by atoms with Crippen molar-refractivity contribution in [1.82, 2.24) is 5.32 Å². The molecular weight excluding hydrogens is 328 g/mol. The fourth-order valence-corrected chi connectivity index (χ4v) is 3.34. The number of amides is 1. The SMILES string of the molecule is COc1cc(OC)cc(C(=O)NCC2CCN(c3cccc(C)c3)C2)c1. The van der Waals surface area contributed by atoms with Crippen molar-refractivity contribution >= 4 is 11.6 Å². The number of benzene rings is 2. The van der Waals surface area contributed by atoms with Gasteiger partial charge in [0.15, 0.2) is 0 Å². The van der Waals surface area contributed by atoms with Crippen molar-refractivity contribution in [3.63, 3.8) is 0 Å². The molecule has 2 aromatic rings. The number of anilines is 1. The maximum atomic E-state index is 12.5. The highest BCUT2D eigenvalue weighted by molar-refractivity contribution is 5.95. The molecule has 3 rings (SSSR count). The summed E-state index contributed by atoms with van der Waals surface area (Å²) in [4.78, 5) is 14.9. The molecule has 0 radical (unpaired) electrons. The Morgan fingerprint density at radius 3 is 2.54 bits per heavy atom. The molecule has 0 aromatic heterocycles. The van der Waals surface area contributed by atoms with Gasteiger partial charge in [-0.3, -0.25) is 4.79 Å². The van der Waals surface area contributed by atoms with E-state index < -0.39 is 0 Å². The molecule has 1 heterocycles. The molecule has 1 amide bonds. The number of nitrogens with one attached hydrogen (secondary N) is 1. The highest BCUT2D eigenvalue weighted by Crippen LogP contribution is 2.25. The lowest BCUT2D eigenvalue weighted by Crippen LogP contribution is -2.31. The summed E-state index contributed by atoms with van der Waals surface area (Å²) in [5.74, 6) is 1.57. The summed E-state index contributed by atoms with van der Waals surface area (Å²) in [5, 5.41) is 3.05. The Kier molecular flexibility index (Phi) is 5.66. The number of hydrogen-bond donors (Lipinski definition) is 1. The van der Waals surface area contributed by atoms with Crippen LogP contribution in [0.4, 0.5) is 5.69 Å². The van der Waals surface area contributed by atoms with Crippen LogP contribution < -0.4 is 19.7 Å². The first-order chi connectivity index (χ1) is 12.6. The molecule has 1 aliphatic heterocycles. The van der Waals surface area contributed by atoms with E-state index in [0.717, 1.165) is 19.5 Å². The third-order valence-electron chi connectivity index (χ3n) is 4.82. The largest absolute Gasteiger partial charge is 0.497 e. The lowest BCUT2D eigenvalue weighted by molar-refractivity contribution is 0.0947. The number of carbonyl (C=O) groups is 1. The van der Waals surface area contributed by atoms with Gasteiger partial charge in [-0.05, 0) is 49.1 Å². The van der Waals surface area contributed by atoms with Gasteiger partial charge in [-0.15, -0.1) is 0 Å². The molecule has 0 bridgehead atoms. The zero-order chi connectivity index (χ0) is 18.5. The quantitative estimate of drug-likeness (QED) is 0.865. The van der Waals surface area contributed by atoms with Gasteiger partial charge < -0.3 is 19.7 Å². The molecule has 0 aliphatic carbocycles.